The van der Waals surface area contributed by atoms with Gasteiger partial charge >= 0.3 is 0 Å². The summed E-state index contributed by atoms with van der Waals surface area (Å²) in [5, 5.41) is 0. The molecule has 11 heavy (non-hydrogen) atoms. The average molecular weight is 154 g/mol. The van der Waals surface area contributed by atoms with Gasteiger partial charge in [-0.2, -0.15) is 0 Å². The number of rotatable bonds is 2. The average Bonchev–Trinajstić information content (AvgIpc) is 2.06. The second-order valence-electron chi connectivity index (χ2n) is 3.62. The monoisotopic (exact) mass is 154 g/mol. The van der Waals surface area contributed by atoms with Gasteiger partial charge in [0.1, 0.15) is 19.8 Å². The summed E-state index contributed by atoms with van der Waals surface area (Å²) >= 11 is 0. The van der Waals surface area contributed by atoms with E-state index in [9.17, 15) is 0 Å². The van der Waals surface area contributed by atoms with Crippen molar-refractivity contribution in [2.45, 2.75) is 39.0 Å². The molecule has 1 fully saturated rings. The minimum absolute atomic E-state index is 0.883. The number of hydrogen-bond donors (Lipinski definition) is 0. The summed E-state index contributed by atoms with van der Waals surface area (Å²) in [7, 11) is 2.18. The second kappa shape index (κ2) is 4.53. The first kappa shape index (κ1) is 8.76. The molecule has 0 radical (unpaired) electrons. The third-order valence-electron chi connectivity index (χ3n) is 2.61. The van der Waals surface area contributed by atoms with Crippen molar-refractivity contribution < 1.29 is 4.58 Å². The lowest BCUT2D eigenvalue weighted by Gasteiger charge is -2.15. The summed E-state index contributed by atoms with van der Waals surface area (Å²) in [6.45, 7) is 3.36. The maximum atomic E-state index is 2.42. The minimum Gasteiger partial charge on any atom is -0.242 e. The Morgan fingerprint density at radius 1 is 1.27 bits per heavy atom. The van der Waals surface area contributed by atoms with E-state index in [1.807, 2.05) is 0 Å². The van der Waals surface area contributed by atoms with Crippen LogP contribution in [0.2, 0.25) is 0 Å². The number of nitrogens with zero attached hydrogens (tertiary/aromatic N) is 1. The van der Waals surface area contributed by atoms with E-state index in [1.165, 1.54) is 32.1 Å². The predicted octanol–water partition coefficient (Wildman–Crippen LogP) is 2.30. The molecule has 0 amide bonds. The lowest BCUT2D eigenvalue weighted by molar-refractivity contribution is -0.490. The van der Waals surface area contributed by atoms with Crippen LogP contribution in [0, 0.1) is 5.92 Å². The lowest BCUT2D eigenvalue weighted by atomic mass is 9.90. The third kappa shape index (κ3) is 3.04. The highest BCUT2D eigenvalue weighted by Gasteiger charge is 2.13. The molecule has 1 nitrogen and oxygen atoms in total. The molecule has 1 rings (SSSR count). The summed E-state index contributed by atoms with van der Waals surface area (Å²) in [4.78, 5) is 0. The Morgan fingerprint density at radius 3 is 2.45 bits per heavy atom. The zero-order valence-corrected chi connectivity index (χ0v) is 7.84. The molecule has 0 spiro atoms. The van der Waals surface area contributed by atoms with Crippen molar-refractivity contribution in [3.8, 4) is 0 Å². The van der Waals surface area contributed by atoms with Crippen LogP contribution in [-0.4, -0.2) is 24.4 Å². The van der Waals surface area contributed by atoms with Crippen molar-refractivity contribution in [2.75, 3.05) is 13.6 Å². The van der Waals surface area contributed by atoms with E-state index in [0.29, 0.717) is 0 Å². The third-order valence-corrected chi connectivity index (χ3v) is 2.61. The molecule has 0 aromatic heterocycles. The van der Waals surface area contributed by atoms with Gasteiger partial charge in [-0.05, 0) is 19.8 Å². The number of hydrogen-bond acceptors (Lipinski definition) is 0. The maximum absolute atomic E-state index is 2.42. The summed E-state index contributed by atoms with van der Waals surface area (Å²) in [5.41, 5.74) is 0. The molecule has 0 heterocycles. The van der Waals surface area contributed by atoms with Crippen LogP contribution in [0.15, 0.2) is 0 Å². The van der Waals surface area contributed by atoms with E-state index >= 15 is 0 Å². The van der Waals surface area contributed by atoms with E-state index in [4.69, 9.17) is 0 Å². The highest BCUT2D eigenvalue weighted by molar-refractivity contribution is 5.55. The van der Waals surface area contributed by atoms with Gasteiger partial charge in [0.05, 0.1) is 0 Å². The van der Waals surface area contributed by atoms with Crippen LogP contribution in [0.3, 0.4) is 0 Å². The van der Waals surface area contributed by atoms with Crippen LogP contribution in [0.4, 0.5) is 0 Å². The van der Waals surface area contributed by atoms with E-state index in [-0.39, 0.29) is 0 Å². The van der Waals surface area contributed by atoms with Gasteiger partial charge in [0.25, 0.3) is 0 Å². The molecule has 0 saturated heterocycles. The van der Waals surface area contributed by atoms with Gasteiger partial charge < -0.3 is 0 Å². The molecule has 64 valence electrons. The highest BCUT2D eigenvalue weighted by Crippen LogP contribution is 2.21. The van der Waals surface area contributed by atoms with Crippen LogP contribution in [-0.2, 0) is 0 Å². The first-order valence-corrected chi connectivity index (χ1v) is 4.88. The Kier molecular flexibility index (Phi) is 3.61. The van der Waals surface area contributed by atoms with Gasteiger partial charge in [0.2, 0.25) is 0 Å². The fraction of sp³-hybridized carbons (Fsp3) is 0.900. The van der Waals surface area contributed by atoms with Crippen LogP contribution in [0.25, 0.3) is 0 Å². The molecule has 0 N–H and O–H groups in total. The van der Waals surface area contributed by atoms with Crippen LogP contribution >= 0.6 is 0 Å². The Hall–Kier alpha value is -0.330. The van der Waals surface area contributed by atoms with Gasteiger partial charge in [0.15, 0.2) is 0 Å². The molecule has 0 aromatic carbocycles. The molecular formula is C10H20N+. The zero-order valence-electron chi connectivity index (χ0n) is 7.84. The van der Waals surface area contributed by atoms with Crippen molar-refractivity contribution in [1.82, 2.24) is 0 Å². The molecule has 0 bridgehead atoms. The maximum Gasteiger partial charge on any atom is 0.142 e. The molecule has 0 aliphatic heterocycles. The van der Waals surface area contributed by atoms with E-state index in [0.717, 1.165) is 12.5 Å². The highest BCUT2D eigenvalue weighted by atomic mass is 14.9. The Balaban J connectivity index is 2.34. The lowest BCUT2D eigenvalue weighted by Crippen LogP contribution is -2.15. The molecule has 1 heteroatoms. The summed E-state index contributed by atoms with van der Waals surface area (Å²) < 4.78 is 2.32. The van der Waals surface area contributed by atoms with E-state index in [2.05, 4.69) is 24.8 Å². The van der Waals surface area contributed by atoms with Crippen molar-refractivity contribution >= 4 is 6.21 Å². The smallest absolute Gasteiger partial charge is 0.142 e. The van der Waals surface area contributed by atoms with Gasteiger partial charge in [-0.3, -0.25) is 0 Å². The Bertz CT molecular complexity index is 132. The Labute approximate surface area is 70.1 Å². The topological polar surface area (TPSA) is 3.01 Å². The molecule has 1 saturated carbocycles. The van der Waals surface area contributed by atoms with Crippen LogP contribution in [0.5, 0.6) is 0 Å². The second-order valence-corrected chi connectivity index (χ2v) is 3.62. The molecule has 0 unspecified atom stereocenters. The van der Waals surface area contributed by atoms with Gasteiger partial charge in [0, 0.05) is 5.92 Å². The summed E-state index contributed by atoms with van der Waals surface area (Å²) in [6.07, 6.45) is 9.60. The zero-order chi connectivity index (χ0) is 8.10. The fourth-order valence-electron chi connectivity index (χ4n) is 1.75. The quantitative estimate of drug-likeness (QED) is 0.424. The van der Waals surface area contributed by atoms with Gasteiger partial charge in [-0.1, -0.05) is 19.3 Å². The molecule has 0 atom stereocenters. The molecule has 1 aliphatic carbocycles. The molecule has 1 aliphatic rings. The summed E-state index contributed by atoms with van der Waals surface area (Å²) in [6, 6.07) is 0. The largest absolute Gasteiger partial charge is 0.242 e. The van der Waals surface area contributed by atoms with Crippen LogP contribution < -0.4 is 0 Å². The minimum atomic E-state index is 0.883. The molecule has 0 aromatic rings. The first-order chi connectivity index (χ1) is 5.33. The van der Waals surface area contributed by atoms with E-state index in [1.54, 1.807) is 0 Å². The Morgan fingerprint density at radius 2 is 1.91 bits per heavy atom. The van der Waals surface area contributed by atoms with E-state index < -0.39 is 0 Å². The van der Waals surface area contributed by atoms with Crippen molar-refractivity contribution in [1.29, 1.82) is 0 Å². The standard InChI is InChI=1S/C10H20N/c1-3-11(2)9-10-7-5-4-6-8-10/h9-10H,3-8H2,1-2H3/q+1. The fourth-order valence-corrected chi connectivity index (χ4v) is 1.75. The van der Waals surface area contributed by atoms with Crippen LogP contribution in [0.1, 0.15) is 39.0 Å². The normalized spacial score (nSPS) is 22.2. The van der Waals surface area contributed by atoms with Crippen molar-refractivity contribution in [2.24, 2.45) is 5.92 Å². The predicted molar refractivity (Wildman–Crippen MR) is 49.4 cm³/mol. The SMILES string of the molecule is CC[N+](C)=CC1CCCCC1. The van der Waals surface area contributed by atoms with Crippen molar-refractivity contribution in [3.63, 3.8) is 0 Å². The first-order valence-electron chi connectivity index (χ1n) is 4.88. The van der Waals surface area contributed by atoms with Crippen molar-refractivity contribution in [3.05, 3.63) is 0 Å². The molecular weight excluding hydrogens is 134 g/mol. The summed E-state index contributed by atoms with van der Waals surface area (Å²) in [5.74, 6) is 0.883. The van der Waals surface area contributed by atoms with Gasteiger partial charge in [-0.25, -0.2) is 4.58 Å². The van der Waals surface area contributed by atoms with Gasteiger partial charge in [-0.15, -0.1) is 0 Å².